The number of hydrogen-bond donors (Lipinski definition) is 1. The van der Waals surface area contributed by atoms with E-state index in [2.05, 4.69) is 37.1 Å². The van der Waals surface area contributed by atoms with Gasteiger partial charge in [0.2, 0.25) is 0 Å². The van der Waals surface area contributed by atoms with Gasteiger partial charge in [0.05, 0.1) is 5.69 Å². The van der Waals surface area contributed by atoms with Crippen LogP contribution in [0.1, 0.15) is 34.1 Å². The van der Waals surface area contributed by atoms with Gasteiger partial charge in [-0.1, -0.05) is 23.8 Å². The predicted octanol–water partition coefficient (Wildman–Crippen LogP) is 2.37. The minimum atomic E-state index is -0.153. The number of nitrogens with zero attached hydrogens (tertiary/aromatic N) is 3. The van der Waals surface area contributed by atoms with Gasteiger partial charge in [0, 0.05) is 26.3 Å². The third-order valence-corrected chi connectivity index (χ3v) is 3.57. The number of aromatic nitrogens is 2. The summed E-state index contributed by atoms with van der Waals surface area (Å²) in [4.78, 5) is 14.1. The Labute approximate surface area is 125 Å². The zero-order chi connectivity index (χ0) is 15.6. The Morgan fingerprint density at radius 2 is 2.10 bits per heavy atom. The molecule has 2 N–H and O–H groups in total. The summed E-state index contributed by atoms with van der Waals surface area (Å²) in [6.45, 7) is 7.31. The zero-order valence-electron chi connectivity index (χ0n) is 13.1. The van der Waals surface area contributed by atoms with Crippen molar-refractivity contribution in [3.63, 3.8) is 0 Å². The Bertz CT molecular complexity index is 660. The second kappa shape index (κ2) is 5.99. The van der Waals surface area contributed by atoms with E-state index in [1.165, 1.54) is 11.1 Å². The van der Waals surface area contributed by atoms with Crippen molar-refractivity contribution < 1.29 is 4.79 Å². The molecule has 0 saturated heterocycles. The summed E-state index contributed by atoms with van der Waals surface area (Å²) in [5.74, 6) is -0.153. The summed E-state index contributed by atoms with van der Waals surface area (Å²) in [5.41, 5.74) is 10.1. The third kappa shape index (κ3) is 3.24. The lowest BCUT2D eigenvalue weighted by Gasteiger charge is -2.18. The second-order valence-corrected chi connectivity index (χ2v) is 5.38. The maximum absolute atomic E-state index is 12.4. The number of carbonyl (C=O) groups excluding carboxylic acids is 1. The molecule has 2 rings (SSSR count). The van der Waals surface area contributed by atoms with Crippen LogP contribution in [-0.4, -0.2) is 27.6 Å². The number of nitrogen functional groups attached to an aromatic ring is 1. The maximum Gasteiger partial charge on any atom is 0.276 e. The van der Waals surface area contributed by atoms with E-state index in [1.54, 1.807) is 22.8 Å². The van der Waals surface area contributed by atoms with Crippen LogP contribution in [0.2, 0.25) is 0 Å². The maximum atomic E-state index is 12.4. The molecule has 0 fully saturated rings. The highest BCUT2D eigenvalue weighted by molar-refractivity contribution is 5.96. The van der Waals surface area contributed by atoms with Crippen LogP contribution in [0.3, 0.4) is 0 Å². The minimum Gasteiger partial charge on any atom is -0.396 e. The summed E-state index contributed by atoms with van der Waals surface area (Å²) in [6, 6.07) is 6.23. The molecule has 5 nitrogen and oxygen atoms in total. The van der Waals surface area contributed by atoms with E-state index in [1.807, 2.05) is 6.92 Å². The molecule has 0 aliphatic rings. The standard InChI is InChI=1S/C16H22N4O/c1-5-20-10-14(17)15(18-20)16(21)19(4)9-13-7-6-11(2)8-12(13)3/h6-8,10H,5,9,17H2,1-4H3. The van der Waals surface area contributed by atoms with Gasteiger partial charge < -0.3 is 10.6 Å². The van der Waals surface area contributed by atoms with Crippen LogP contribution in [0.15, 0.2) is 24.4 Å². The smallest absolute Gasteiger partial charge is 0.276 e. The Morgan fingerprint density at radius 1 is 1.38 bits per heavy atom. The van der Waals surface area contributed by atoms with Crippen LogP contribution in [0.4, 0.5) is 5.69 Å². The van der Waals surface area contributed by atoms with Crippen molar-refractivity contribution in [3.05, 3.63) is 46.8 Å². The molecule has 5 heteroatoms. The van der Waals surface area contributed by atoms with Crippen LogP contribution in [0.5, 0.6) is 0 Å². The number of nitrogens with two attached hydrogens (primary N) is 1. The molecule has 112 valence electrons. The molecule has 0 aliphatic carbocycles. The fourth-order valence-corrected chi connectivity index (χ4v) is 2.30. The van der Waals surface area contributed by atoms with Gasteiger partial charge in [-0.15, -0.1) is 0 Å². The van der Waals surface area contributed by atoms with Gasteiger partial charge in [-0.05, 0) is 31.9 Å². The van der Waals surface area contributed by atoms with Crippen LogP contribution < -0.4 is 5.73 Å². The topological polar surface area (TPSA) is 64.2 Å². The normalized spacial score (nSPS) is 10.7. The summed E-state index contributed by atoms with van der Waals surface area (Å²) >= 11 is 0. The molecule has 0 radical (unpaired) electrons. The summed E-state index contributed by atoms with van der Waals surface area (Å²) in [6.07, 6.45) is 1.69. The molecule has 1 aromatic carbocycles. The lowest BCUT2D eigenvalue weighted by molar-refractivity contribution is 0.0779. The Kier molecular flexibility index (Phi) is 4.31. The van der Waals surface area contributed by atoms with Crippen molar-refractivity contribution in [2.45, 2.75) is 33.9 Å². The fraction of sp³-hybridized carbons (Fsp3) is 0.375. The molecule has 0 spiro atoms. The first-order valence-corrected chi connectivity index (χ1v) is 7.07. The van der Waals surface area contributed by atoms with Crippen molar-refractivity contribution in [2.75, 3.05) is 12.8 Å². The van der Waals surface area contributed by atoms with Gasteiger partial charge in [0.15, 0.2) is 5.69 Å². The number of benzene rings is 1. The SMILES string of the molecule is CCn1cc(N)c(C(=O)N(C)Cc2ccc(C)cc2C)n1. The summed E-state index contributed by atoms with van der Waals surface area (Å²) < 4.78 is 1.67. The summed E-state index contributed by atoms with van der Waals surface area (Å²) in [5, 5.41) is 4.23. The van der Waals surface area contributed by atoms with Crippen LogP contribution in [0.25, 0.3) is 0 Å². The number of carbonyl (C=O) groups is 1. The Hall–Kier alpha value is -2.30. The Balaban J connectivity index is 2.17. The van der Waals surface area contributed by atoms with Crippen LogP contribution in [0, 0.1) is 13.8 Å². The fourth-order valence-electron chi connectivity index (χ4n) is 2.30. The molecule has 1 heterocycles. The molecule has 1 amide bonds. The molecular weight excluding hydrogens is 264 g/mol. The molecule has 2 aromatic rings. The highest BCUT2D eigenvalue weighted by Crippen LogP contribution is 2.16. The average Bonchev–Trinajstić information content (AvgIpc) is 2.82. The second-order valence-electron chi connectivity index (χ2n) is 5.38. The molecule has 0 atom stereocenters. The minimum absolute atomic E-state index is 0.153. The van der Waals surface area contributed by atoms with E-state index in [9.17, 15) is 4.79 Å². The van der Waals surface area contributed by atoms with E-state index in [0.717, 1.165) is 5.56 Å². The molecule has 0 unspecified atom stereocenters. The van der Waals surface area contributed by atoms with E-state index in [-0.39, 0.29) is 5.91 Å². The van der Waals surface area contributed by atoms with Crippen molar-refractivity contribution in [2.24, 2.45) is 0 Å². The number of hydrogen-bond acceptors (Lipinski definition) is 3. The van der Waals surface area contributed by atoms with Gasteiger partial charge in [-0.3, -0.25) is 9.48 Å². The molecule has 0 aliphatic heterocycles. The van der Waals surface area contributed by atoms with Crippen LogP contribution in [-0.2, 0) is 13.1 Å². The quantitative estimate of drug-likeness (QED) is 0.938. The molecule has 0 bridgehead atoms. The van der Waals surface area contributed by atoms with Gasteiger partial charge in [0.1, 0.15) is 0 Å². The van der Waals surface area contributed by atoms with E-state index < -0.39 is 0 Å². The van der Waals surface area contributed by atoms with Crippen molar-refractivity contribution in [1.29, 1.82) is 0 Å². The lowest BCUT2D eigenvalue weighted by Crippen LogP contribution is -2.27. The monoisotopic (exact) mass is 286 g/mol. The van der Waals surface area contributed by atoms with Gasteiger partial charge >= 0.3 is 0 Å². The molecule has 0 saturated carbocycles. The molecule has 21 heavy (non-hydrogen) atoms. The first-order valence-electron chi connectivity index (χ1n) is 7.07. The first-order chi connectivity index (χ1) is 9.92. The van der Waals surface area contributed by atoms with E-state index in [0.29, 0.717) is 24.5 Å². The van der Waals surface area contributed by atoms with Gasteiger partial charge in [-0.25, -0.2) is 0 Å². The van der Waals surface area contributed by atoms with E-state index >= 15 is 0 Å². The summed E-state index contributed by atoms with van der Waals surface area (Å²) in [7, 11) is 1.77. The zero-order valence-corrected chi connectivity index (χ0v) is 13.1. The average molecular weight is 286 g/mol. The molecule has 1 aromatic heterocycles. The first kappa shape index (κ1) is 15.1. The highest BCUT2D eigenvalue weighted by atomic mass is 16.2. The molecular formula is C16H22N4O. The van der Waals surface area contributed by atoms with Gasteiger partial charge in [-0.2, -0.15) is 5.10 Å². The largest absolute Gasteiger partial charge is 0.396 e. The Morgan fingerprint density at radius 3 is 2.67 bits per heavy atom. The highest BCUT2D eigenvalue weighted by Gasteiger charge is 2.19. The van der Waals surface area contributed by atoms with Crippen molar-refractivity contribution >= 4 is 11.6 Å². The van der Waals surface area contributed by atoms with E-state index in [4.69, 9.17) is 5.73 Å². The number of rotatable bonds is 4. The number of aryl methyl sites for hydroxylation is 3. The third-order valence-electron chi connectivity index (χ3n) is 3.57. The number of amides is 1. The predicted molar refractivity (Wildman–Crippen MR) is 84.0 cm³/mol. The van der Waals surface area contributed by atoms with Crippen LogP contribution >= 0.6 is 0 Å². The number of anilines is 1. The lowest BCUT2D eigenvalue weighted by atomic mass is 10.1. The van der Waals surface area contributed by atoms with Gasteiger partial charge in [0.25, 0.3) is 5.91 Å². The van der Waals surface area contributed by atoms with Crippen molar-refractivity contribution in [3.8, 4) is 0 Å². The van der Waals surface area contributed by atoms with Crippen molar-refractivity contribution in [1.82, 2.24) is 14.7 Å².